The number of pyridine rings is 1. The number of fused-ring (bicyclic) bond motifs is 1. The highest BCUT2D eigenvalue weighted by Crippen LogP contribution is 2.29. The van der Waals surface area contributed by atoms with Crippen LogP contribution in [-0.2, 0) is 27.3 Å². The van der Waals surface area contributed by atoms with Crippen LogP contribution in [0, 0.1) is 0 Å². The lowest BCUT2D eigenvalue weighted by Crippen LogP contribution is -2.54. The van der Waals surface area contributed by atoms with Crippen LogP contribution in [0.15, 0.2) is 42.6 Å². The highest BCUT2D eigenvalue weighted by atomic mass is 16.2. The standard InChI is InChI=1S/C21H18N4O5/c26-16-8-7-15(19(28)24-16)25-20(29)14-6-3-4-12(18(14)21(25)30)11-23-17(27)10-13-5-1-2-9-22-13/h1-6,9,15H,7-8,10-11H2,(H,23,27)(H,24,26,28). The molecule has 0 saturated carbocycles. The molecule has 1 aromatic carbocycles. The summed E-state index contributed by atoms with van der Waals surface area (Å²) in [5.41, 5.74) is 1.45. The fourth-order valence-electron chi connectivity index (χ4n) is 3.66. The lowest BCUT2D eigenvalue weighted by molar-refractivity contribution is -0.136. The first-order valence-electron chi connectivity index (χ1n) is 9.46. The van der Waals surface area contributed by atoms with Crippen molar-refractivity contribution in [3.05, 3.63) is 65.0 Å². The maximum atomic E-state index is 13.0. The summed E-state index contributed by atoms with van der Waals surface area (Å²) >= 11 is 0. The van der Waals surface area contributed by atoms with Gasteiger partial charge in [0, 0.05) is 24.9 Å². The van der Waals surface area contributed by atoms with Gasteiger partial charge in [0.2, 0.25) is 17.7 Å². The van der Waals surface area contributed by atoms with Gasteiger partial charge in [0.15, 0.2) is 0 Å². The summed E-state index contributed by atoms with van der Waals surface area (Å²) in [4.78, 5) is 66.6. The van der Waals surface area contributed by atoms with E-state index in [0.29, 0.717) is 11.3 Å². The molecule has 0 aliphatic carbocycles. The van der Waals surface area contributed by atoms with Crippen molar-refractivity contribution < 1.29 is 24.0 Å². The van der Waals surface area contributed by atoms with E-state index in [1.165, 1.54) is 6.07 Å². The molecule has 9 heteroatoms. The van der Waals surface area contributed by atoms with Gasteiger partial charge in [-0.1, -0.05) is 18.2 Å². The van der Waals surface area contributed by atoms with Crippen LogP contribution in [0.25, 0.3) is 0 Å². The van der Waals surface area contributed by atoms with E-state index in [2.05, 4.69) is 15.6 Å². The van der Waals surface area contributed by atoms with Gasteiger partial charge in [-0.05, 0) is 30.2 Å². The number of nitrogens with one attached hydrogen (secondary N) is 2. The smallest absolute Gasteiger partial charge is 0.262 e. The number of piperidine rings is 1. The largest absolute Gasteiger partial charge is 0.352 e. The molecular formula is C21H18N4O5. The Kier molecular flexibility index (Phi) is 5.09. The van der Waals surface area contributed by atoms with Crippen LogP contribution in [0.2, 0.25) is 0 Å². The van der Waals surface area contributed by atoms with Crippen molar-refractivity contribution in [3.8, 4) is 0 Å². The second kappa shape index (κ2) is 7.86. The minimum absolute atomic E-state index is 0.0526. The van der Waals surface area contributed by atoms with E-state index in [1.54, 1.807) is 36.5 Å². The molecule has 9 nitrogen and oxygen atoms in total. The molecule has 1 atom stereocenters. The van der Waals surface area contributed by atoms with Gasteiger partial charge in [0.25, 0.3) is 11.8 Å². The van der Waals surface area contributed by atoms with Crippen molar-refractivity contribution in [3.63, 3.8) is 0 Å². The van der Waals surface area contributed by atoms with E-state index in [4.69, 9.17) is 0 Å². The van der Waals surface area contributed by atoms with E-state index >= 15 is 0 Å². The molecule has 2 aromatic rings. The highest BCUT2D eigenvalue weighted by Gasteiger charge is 2.45. The Morgan fingerprint density at radius 1 is 1.10 bits per heavy atom. The Bertz CT molecular complexity index is 1070. The summed E-state index contributed by atoms with van der Waals surface area (Å²) in [6.45, 7) is 0.0526. The summed E-state index contributed by atoms with van der Waals surface area (Å²) in [5.74, 6) is -2.54. The number of carbonyl (C=O) groups is 5. The van der Waals surface area contributed by atoms with Crippen molar-refractivity contribution in [2.75, 3.05) is 0 Å². The van der Waals surface area contributed by atoms with E-state index in [-0.39, 0.29) is 42.8 Å². The summed E-state index contributed by atoms with van der Waals surface area (Å²) in [7, 11) is 0. The molecule has 30 heavy (non-hydrogen) atoms. The van der Waals surface area contributed by atoms with Gasteiger partial charge in [-0.2, -0.15) is 0 Å². The van der Waals surface area contributed by atoms with E-state index in [0.717, 1.165) is 4.90 Å². The van der Waals surface area contributed by atoms with Crippen LogP contribution in [-0.4, -0.2) is 45.5 Å². The number of nitrogens with zero attached hydrogens (tertiary/aromatic N) is 2. The Balaban J connectivity index is 1.51. The first-order chi connectivity index (χ1) is 14.5. The molecule has 2 aliphatic rings. The molecule has 1 unspecified atom stereocenters. The van der Waals surface area contributed by atoms with Crippen molar-refractivity contribution in [1.82, 2.24) is 20.5 Å². The summed E-state index contributed by atoms with van der Waals surface area (Å²) in [6, 6.07) is 9.04. The molecule has 2 aliphatic heterocycles. The number of rotatable bonds is 5. The molecule has 5 amide bonds. The number of imide groups is 2. The maximum Gasteiger partial charge on any atom is 0.262 e. The SMILES string of the molecule is O=C(Cc1ccccn1)NCc1cccc2c1C(=O)N(C1CCC(=O)NC1=O)C2=O. The normalized spacial score (nSPS) is 18.3. The van der Waals surface area contributed by atoms with Gasteiger partial charge in [0.05, 0.1) is 17.5 Å². The first-order valence-corrected chi connectivity index (χ1v) is 9.46. The predicted octanol–water partition coefficient (Wildman–Crippen LogP) is 0.342. The second-order valence-corrected chi connectivity index (χ2v) is 7.06. The molecule has 3 heterocycles. The molecule has 152 valence electrons. The van der Waals surface area contributed by atoms with Gasteiger partial charge in [0.1, 0.15) is 6.04 Å². The molecule has 1 fully saturated rings. The van der Waals surface area contributed by atoms with E-state index in [1.807, 2.05) is 0 Å². The molecule has 0 spiro atoms. The molecule has 0 bridgehead atoms. The Labute approximate surface area is 171 Å². The van der Waals surface area contributed by atoms with Crippen LogP contribution in [0.5, 0.6) is 0 Å². The molecule has 1 saturated heterocycles. The molecule has 0 radical (unpaired) electrons. The number of carbonyl (C=O) groups excluding carboxylic acids is 5. The van der Waals surface area contributed by atoms with Crippen LogP contribution < -0.4 is 10.6 Å². The minimum Gasteiger partial charge on any atom is -0.352 e. The molecule has 4 rings (SSSR count). The molecular weight excluding hydrogens is 388 g/mol. The monoisotopic (exact) mass is 406 g/mol. The third-order valence-electron chi connectivity index (χ3n) is 5.10. The van der Waals surface area contributed by atoms with Gasteiger partial charge in [-0.3, -0.25) is 39.2 Å². The van der Waals surface area contributed by atoms with Gasteiger partial charge in [-0.15, -0.1) is 0 Å². The second-order valence-electron chi connectivity index (χ2n) is 7.06. The zero-order chi connectivity index (χ0) is 21.3. The zero-order valence-electron chi connectivity index (χ0n) is 15.9. The quantitative estimate of drug-likeness (QED) is 0.690. The van der Waals surface area contributed by atoms with Crippen molar-refractivity contribution in [2.24, 2.45) is 0 Å². The van der Waals surface area contributed by atoms with Gasteiger partial charge in [-0.25, -0.2) is 0 Å². The maximum absolute atomic E-state index is 13.0. The summed E-state index contributed by atoms with van der Waals surface area (Å²) in [5, 5.41) is 4.90. The first kappa shape index (κ1) is 19.4. The average molecular weight is 406 g/mol. The third kappa shape index (κ3) is 3.57. The van der Waals surface area contributed by atoms with Crippen LogP contribution in [0.3, 0.4) is 0 Å². The third-order valence-corrected chi connectivity index (χ3v) is 5.10. The summed E-state index contributed by atoms with van der Waals surface area (Å²) < 4.78 is 0. The fraction of sp³-hybridized carbons (Fsp3) is 0.238. The van der Waals surface area contributed by atoms with Gasteiger partial charge < -0.3 is 5.32 Å². The number of aromatic nitrogens is 1. The molecule has 1 aromatic heterocycles. The Hall–Kier alpha value is -3.88. The summed E-state index contributed by atoms with van der Waals surface area (Å²) in [6.07, 6.45) is 1.83. The van der Waals surface area contributed by atoms with Gasteiger partial charge >= 0.3 is 0 Å². The Morgan fingerprint density at radius 2 is 1.93 bits per heavy atom. The number of amides is 5. The molecule has 2 N–H and O–H groups in total. The van der Waals surface area contributed by atoms with E-state index < -0.39 is 29.7 Å². The fourth-order valence-corrected chi connectivity index (χ4v) is 3.66. The average Bonchev–Trinajstić information content (AvgIpc) is 2.98. The van der Waals surface area contributed by atoms with Crippen LogP contribution in [0.1, 0.15) is 44.8 Å². The van der Waals surface area contributed by atoms with Crippen LogP contribution >= 0.6 is 0 Å². The van der Waals surface area contributed by atoms with Crippen molar-refractivity contribution >= 4 is 29.5 Å². The number of hydrogen-bond donors (Lipinski definition) is 2. The van der Waals surface area contributed by atoms with Crippen molar-refractivity contribution in [2.45, 2.75) is 31.8 Å². The number of hydrogen-bond acceptors (Lipinski definition) is 6. The highest BCUT2D eigenvalue weighted by molar-refractivity contribution is 6.24. The zero-order valence-corrected chi connectivity index (χ0v) is 15.9. The van der Waals surface area contributed by atoms with Crippen molar-refractivity contribution in [1.29, 1.82) is 0 Å². The lowest BCUT2D eigenvalue weighted by atomic mass is 10.0. The lowest BCUT2D eigenvalue weighted by Gasteiger charge is -2.27. The van der Waals surface area contributed by atoms with Crippen LogP contribution in [0.4, 0.5) is 0 Å². The Morgan fingerprint density at radius 3 is 2.67 bits per heavy atom. The minimum atomic E-state index is -1.03. The number of benzene rings is 1. The predicted molar refractivity (Wildman–Crippen MR) is 103 cm³/mol. The van der Waals surface area contributed by atoms with E-state index in [9.17, 15) is 24.0 Å². The topological polar surface area (TPSA) is 126 Å².